The maximum atomic E-state index is 13.3. The van der Waals surface area contributed by atoms with E-state index in [1.807, 2.05) is 41.3 Å². The van der Waals surface area contributed by atoms with Crippen LogP contribution in [-0.2, 0) is 0 Å². The number of carbonyl (C=O) groups is 1. The van der Waals surface area contributed by atoms with Gasteiger partial charge in [0, 0.05) is 24.6 Å². The molecule has 1 aromatic heterocycles. The number of methoxy groups -OCH3 is 1. The largest absolute Gasteiger partial charge is 0.497 e. The van der Waals surface area contributed by atoms with Gasteiger partial charge in [0.1, 0.15) is 17.3 Å². The number of ether oxygens (including phenoxy) is 1. The Balaban J connectivity index is 1.52. The van der Waals surface area contributed by atoms with Crippen LogP contribution in [0, 0.1) is 5.82 Å². The number of aromatic amines is 1. The van der Waals surface area contributed by atoms with Crippen molar-refractivity contribution in [3.8, 4) is 17.0 Å². The molecule has 0 bridgehead atoms. The summed E-state index contributed by atoms with van der Waals surface area (Å²) in [6, 6.07) is 16.0. The lowest BCUT2D eigenvalue weighted by Crippen LogP contribution is -2.34. The molecular formula is C23H24FN3O2. The summed E-state index contributed by atoms with van der Waals surface area (Å²) in [6.07, 6.45) is 3.00. The van der Waals surface area contributed by atoms with Gasteiger partial charge in [-0.3, -0.25) is 9.89 Å². The average Bonchev–Trinajstić information content (AvgIpc) is 3.12. The number of carbonyl (C=O) groups excluding carboxylic acids is 1. The zero-order chi connectivity index (χ0) is 20.2. The van der Waals surface area contributed by atoms with Crippen molar-refractivity contribution in [3.63, 3.8) is 0 Å². The minimum atomic E-state index is -0.238. The minimum Gasteiger partial charge on any atom is -0.497 e. The van der Waals surface area contributed by atoms with Gasteiger partial charge in [0.2, 0.25) is 0 Å². The van der Waals surface area contributed by atoms with Crippen LogP contribution in [0.15, 0.2) is 54.6 Å². The van der Waals surface area contributed by atoms with E-state index in [2.05, 4.69) is 10.2 Å². The number of likely N-dealkylation sites (tertiary alicyclic amines) is 1. The van der Waals surface area contributed by atoms with Crippen molar-refractivity contribution in [1.82, 2.24) is 15.1 Å². The third-order valence-electron chi connectivity index (χ3n) is 5.47. The Labute approximate surface area is 169 Å². The lowest BCUT2D eigenvalue weighted by atomic mass is 9.94. The standard InChI is InChI=1S/C23H24FN3O2/c1-29-20-7-4-6-17(13-20)21-14-22(26-25-21)23(28)27-12-3-2-5-18(15-27)16-8-10-19(24)11-9-16/h4,6-11,13-14,18H,2-3,5,12,15H2,1H3,(H,25,26)/t18-/m1/s1. The van der Waals surface area contributed by atoms with Gasteiger partial charge in [-0.05, 0) is 48.7 Å². The summed E-state index contributed by atoms with van der Waals surface area (Å²) >= 11 is 0. The Kier molecular flexibility index (Phi) is 5.60. The molecule has 0 unspecified atom stereocenters. The maximum absolute atomic E-state index is 13.3. The summed E-state index contributed by atoms with van der Waals surface area (Å²) in [5.41, 5.74) is 3.15. The number of hydrogen-bond acceptors (Lipinski definition) is 3. The van der Waals surface area contributed by atoms with Crippen molar-refractivity contribution >= 4 is 5.91 Å². The first-order valence-electron chi connectivity index (χ1n) is 9.88. The van der Waals surface area contributed by atoms with E-state index in [-0.39, 0.29) is 17.6 Å². The number of benzene rings is 2. The van der Waals surface area contributed by atoms with E-state index in [1.165, 1.54) is 12.1 Å². The van der Waals surface area contributed by atoms with Crippen LogP contribution in [0.4, 0.5) is 4.39 Å². The Morgan fingerprint density at radius 3 is 2.79 bits per heavy atom. The van der Waals surface area contributed by atoms with Crippen LogP contribution in [-0.4, -0.2) is 41.2 Å². The van der Waals surface area contributed by atoms with Gasteiger partial charge in [0.05, 0.1) is 12.8 Å². The molecular weight excluding hydrogens is 369 g/mol. The summed E-state index contributed by atoms with van der Waals surface area (Å²) in [6.45, 7) is 1.34. The molecule has 6 heteroatoms. The second-order valence-electron chi connectivity index (χ2n) is 7.39. The highest BCUT2D eigenvalue weighted by atomic mass is 19.1. The number of H-pyrrole nitrogens is 1. The number of nitrogens with zero attached hydrogens (tertiary/aromatic N) is 2. The number of rotatable bonds is 4. The van der Waals surface area contributed by atoms with Gasteiger partial charge in [-0.25, -0.2) is 4.39 Å². The van der Waals surface area contributed by atoms with E-state index < -0.39 is 0 Å². The molecule has 5 nitrogen and oxygen atoms in total. The molecule has 1 atom stereocenters. The van der Waals surface area contributed by atoms with Gasteiger partial charge in [-0.15, -0.1) is 0 Å². The van der Waals surface area contributed by atoms with E-state index >= 15 is 0 Å². The lowest BCUT2D eigenvalue weighted by molar-refractivity contribution is 0.0748. The molecule has 1 aliphatic rings. The Bertz CT molecular complexity index is 984. The predicted molar refractivity (Wildman–Crippen MR) is 109 cm³/mol. The lowest BCUT2D eigenvalue weighted by Gasteiger charge is -2.24. The minimum absolute atomic E-state index is 0.0549. The molecule has 0 saturated carbocycles. The van der Waals surface area contributed by atoms with Crippen molar-refractivity contribution in [2.45, 2.75) is 25.2 Å². The van der Waals surface area contributed by atoms with Crippen LogP contribution < -0.4 is 4.74 Å². The van der Waals surface area contributed by atoms with E-state index in [0.717, 1.165) is 36.1 Å². The molecule has 0 aliphatic carbocycles. The highest BCUT2D eigenvalue weighted by Gasteiger charge is 2.25. The molecule has 150 valence electrons. The van der Waals surface area contributed by atoms with Gasteiger partial charge in [0.25, 0.3) is 5.91 Å². The molecule has 1 saturated heterocycles. The smallest absolute Gasteiger partial charge is 0.271 e. The Morgan fingerprint density at radius 2 is 2.00 bits per heavy atom. The second kappa shape index (κ2) is 8.47. The fraction of sp³-hybridized carbons (Fsp3) is 0.304. The van der Waals surface area contributed by atoms with Crippen molar-refractivity contribution in [2.75, 3.05) is 20.2 Å². The molecule has 29 heavy (non-hydrogen) atoms. The monoisotopic (exact) mass is 393 g/mol. The molecule has 1 amide bonds. The topological polar surface area (TPSA) is 58.2 Å². The first kappa shape index (κ1) is 19.2. The molecule has 4 rings (SSSR count). The van der Waals surface area contributed by atoms with E-state index in [9.17, 15) is 9.18 Å². The quantitative estimate of drug-likeness (QED) is 0.703. The van der Waals surface area contributed by atoms with Gasteiger partial charge >= 0.3 is 0 Å². The predicted octanol–water partition coefficient (Wildman–Crippen LogP) is 4.63. The zero-order valence-electron chi connectivity index (χ0n) is 16.4. The average molecular weight is 393 g/mol. The molecule has 3 aromatic rings. The van der Waals surface area contributed by atoms with Crippen LogP contribution in [0.1, 0.15) is 41.2 Å². The summed E-state index contributed by atoms with van der Waals surface area (Å²) < 4.78 is 18.5. The summed E-state index contributed by atoms with van der Waals surface area (Å²) in [7, 11) is 1.62. The number of amides is 1. The van der Waals surface area contributed by atoms with Crippen LogP contribution in [0.3, 0.4) is 0 Å². The van der Waals surface area contributed by atoms with Crippen molar-refractivity contribution in [1.29, 1.82) is 0 Å². The molecule has 2 heterocycles. The Hall–Kier alpha value is -3.15. The van der Waals surface area contributed by atoms with Gasteiger partial charge < -0.3 is 9.64 Å². The third kappa shape index (κ3) is 4.31. The van der Waals surface area contributed by atoms with Crippen LogP contribution >= 0.6 is 0 Å². The number of halogens is 1. The van der Waals surface area contributed by atoms with Gasteiger partial charge in [-0.2, -0.15) is 5.10 Å². The van der Waals surface area contributed by atoms with E-state index in [4.69, 9.17) is 4.74 Å². The first-order chi connectivity index (χ1) is 14.1. The number of nitrogens with one attached hydrogen (secondary N) is 1. The van der Waals surface area contributed by atoms with Crippen LogP contribution in [0.2, 0.25) is 0 Å². The highest BCUT2D eigenvalue weighted by Crippen LogP contribution is 2.28. The molecule has 1 N–H and O–H groups in total. The number of aromatic nitrogens is 2. The third-order valence-corrected chi connectivity index (χ3v) is 5.47. The second-order valence-corrected chi connectivity index (χ2v) is 7.39. The van der Waals surface area contributed by atoms with E-state index in [0.29, 0.717) is 24.5 Å². The fourth-order valence-electron chi connectivity index (χ4n) is 3.87. The maximum Gasteiger partial charge on any atom is 0.271 e. The number of hydrogen-bond donors (Lipinski definition) is 1. The van der Waals surface area contributed by atoms with Crippen molar-refractivity contribution in [2.24, 2.45) is 0 Å². The summed E-state index contributed by atoms with van der Waals surface area (Å²) in [5.74, 6) is 0.661. The summed E-state index contributed by atoms with van der Waals surface area (Å²) in [5, 5.41) is 7.21. The molecule has 0 spiro atoms. The van der Waals surface area contributed by atoms with Crippen molar-refractivity contribution in [3.05, 3.63) is 71.7 Å². The molecule has 1 fully saturated rings. The normalized spacial score (nSPS) is 17.0. The fourth-order valence-corrected chi connectivity index (χ4v) is 3.87. The molecule has 1 aliphatic heterocycles. The summed E-state index contributed by atoms with van der Waals surface area (Å²) in [4.78, 5) is 15.0. The zero-order valence-corrected chi connectivity index (χ0v) is 16.4. The molecule has 0 radical (unpaired) electrons. The molecule has 2 aromatic carbocycles. The van der Waals surface area contributed by atoms with Gasteiger partial charge in [0.15, 0.2) is 0 Å². The van der Waals surface area contributed by atoms with Gasteiger partial charge in [-0.1, -0.05) is 30.7 Å². The highest BCUT2D eigenvalue weighted by molar-refractivity contribution is 5.93. The van der Waals surface area contributed by atoms with Crippen LogP contribution in [0.25, 0.3) is 11.3 Å². The Morgan fingerprint density at radius 1 is 1.17 bits per heavy atom. The van der Waals surface area contributed by atoms with E-state index in [1.54, 1.807) is 13.2 Å². The van der Waals surface area contributed by atoms with Crippen molar-refractivity contribution < 1.29 is 13.9 Å². The SMILES string of the molecule is COc1cccc(-c2cc(C(=O)N3CCCC[C@@H](c4ccc(F)cc4)C3)[nH]n2)c1. The first-order valence-corrected chi connectivity index (χ1v) is 9.88. The van der Waals surface area contributed by atoms with Crippen LogP contribution in [0.5, 0.6) is 5.75 Å².